The Hall–Kier alpha value is -2.09. The van der Waals surface area contributed by atoms with Crippen LogP contribution >= 0.6 is 22.7 Å². The van der Waals surface area contributed by atoms with Gasteiger partial charge >= 0.3 is 0 Å². The maximum absolute atomic E-state index is 12.4. The van der Waals surface area contributed by atoms with E-state index in [1.807, 2.05) is 48.0 Å². The topological polar surface area (TPSA) is 49.3 Å². The first kappa shape index (κ1) is 17.7. The number of rotatable bonds is 7. The van der Waals surface area contributed by atoms with E-state index in [-0.39, 0.29) is 5.91 Å². The molecule has 7 heteroatoms. The maximum atomic E-state index is 12.4. The lowest BCUT2D eigenvalue weighted by molar-refractivity contribution is -0.131. The molecule has 0 aliphatic rings. The normalized spacial score (nSPS) is 11.0. The summed E-state index contributed by atoms with van der Waals surface area (Å²) in [6, 6.07) is 8.02. The second-order valence-electron chi connectivity index (χ2n) is 5.90. The third-order valence-electron chi connectivity index (χ3n) is 3.72. The molecule has 3 aromatic heterocycles. The summed E-state index contributed by atoms with van der Waals surface area (Å²) in [7, 11) is 3.77. The number of likely N-dealkylation sites (N-methyl/N-ethyl adjacent to an activating group) is 2. The fourth-order valence-corrected chi connectivity index (χ4v) is 4.06. The van der Waals surface area contributed by atoms with Crippen molar-refractivity contribution in [2.24, 2.45) is 0 Å². The van der Waals surface area contributed by atoms with Gasteiger partial charge in [0, 0.05) is 31.4 Å². The molecule has 5 nitrogen and oxygen atoms in total. The Morgan fingerprint density at radius 3 is 2.64 bits per heavy atom. The summed E-state index contributed by atoms with van der Waals surface area (Å²) in [5, 5.41) is 5.09. The van der Waals surface area contributed by atoms with Crippen LogP contribution in [0.4, 0.5) is 0 Å². The summed E-state index contributed by atoms with van der Waals surface area (Å²) in [6.07, 6.45) is 3.54. The van der Waals surface area contributed by atoms with Crippen molar-refractivity contribution >= 4 is 28.6 Å². The van der Waals surface area contributed by atoms with E-state index in [0.717, 1.165) is 22.8 Å². The molecule has 0 fully saturated rings. The standard InChI is InChI=1S/C18H20N4OS2/c1-21(10-14-5-7-19-8-6-14)12-17(23)22(2)11-15-13-25-18(20-15)16-4-3-9-24-16/h3-9,13H,10-12H2,1-2H3. The second-order valence-corrected chi connectivity index (χ2v) is 7.70. The molecule has 0 aromatic carbocycles. The van der Waals surface area contributed by atoms with Crippen LogP contribution in [-0.2, 0) is 17.9 Å². The third-order valence-corrected chi connectivity index (χ3v) is 5.65. The van der Waals surface area contributed by atoms with E-state index in [2.05, 4.69) is 16.0 Å². The smallest absolute Gasteiger partial charge is 0.236 e. The summed E-state index contributed by atoms with van der Waals surface area (Å²) in [6.45, 7) is 1.63. The summed E-state index contributed by atoms with van der Waals surface area (Å²) >= 11 is 3.30. The van der Waals surface area contributed by atoms with Gasteiger partial charge in [-0.3, -0.25) is 14.7 Å². The molecule has 0 saturated carbocycles. The lowest BCUT2D eigenvalue weighted by Crippen LogP contribution is -2.36. The third kappa shape index (κ3) is 4.94. The van der Waals surface area contributed by atoms with Crippen molar-refractivity contribution < 1.29 is 4.79 Å². The number of nitrogens with zero attached hydrogens (tertiary/aromatic N) is 4. The summed E-state index contributed by atoms with van der Waals surface area (Å²) < 4.78 is 0. The molecular formula is C18H20N4OS2. The first-order valence-corrected chi connectivity index (χ1v) is 9.67. The van der Waals surface area contributed by atoms with Gasteiger partial charge in [0.25, 0.3) is 0 Å². The maximum Gasteiger partial charge on any atom is 0.236 e. The van der Waals surface area contributed by atoms with Crippen LogP contribution in [0.5, 0.6) is 0 Å². The number of thiazole rings is 1. The lowest BCUT2D eigenvalue weighted by atomic mass is 10.2. The quantitative estimate of drug-likeness (QED) is 0.638. The van der Waals surface area contributed by atoms with E-state index in [1.54, 1.807) is 40.0 Å². The molecule has 1 amide bonds. The average molecular weight is 373 g/mol. The highest BCUT2D eigenvalue weighted by molar-refractivity contribution is 7.20. The minimum atomic E-state index is 0.0854. The first-order valence-electron chi connectivity index (χ1n) is 7.91. The second kappa shape index (κ2) is 8.33. The van der Waals surface area contributed by atoms with Crippen molar-refractivity contribution in [3.63, 3.8) is 0 Å². The number of pyridine rings is 1. The van der Waals surface area contributed by atoms with Crippen LogP contribution < -0.4 is 0 Å². The molecule has 3 aromatic rings. The van der Waals surface area contributed by atoms with Crippen LogP contribution in [0.15, 0.2) is 47.4 Å². The Balaban J connectivity index is 1.52. The molecule has 3 rings (SSSR count). The highest BCUT2D eigenvalue weighted by Crippen LogP contribution is 2.28. The molecule has 0 saturated heterocycles. The van der Waals surface area contributed by atoms with Crippen LogP contribution in [0.25, 0.3) is 9.88 Å². The van der Waals surface area contributed by atoms with Gasteiger partial charge in [0.15, 0.2) is 0 Å². The molecule has 3 heterocycles. The minimum Gasteiger partial charge on any atom is -0.339 e. The van der Waals surface area contributed by atoms with Crippen molar-refractivity contribution in [3.05, 3.63) is 58.7 Å². The monoisotopic (exact) mass is 372 g/mol. The zero-order valence-corrected chi connectivity index (χ0v) is 15.9. The van der Waals surface area contributed by atoms with Gasteiger partial charge < -0.3 is 4.90 Å². The van der Waals surface area contributed by atoms with Gasteiger partial charge in [-0.25, -0.2) is 4.98 Å². The van der Waals surface area contributed by atoms with Crippen LogP contribution in [-0.4, -0.2) is 46.3 Å². The Labute approximate surface area is 155 Å². The first-order chi connectivity index (χ1) is 12.1. The van der Waals surface area contributed by atoms with E-state index in [4.69, 9.17) is 0 Å². The van der Waals surface area contributed by atoms with Crippen molar-refractivity contribution in [1.29, 1.82) is 0 Å². The summed E-state index contributed by atoms with van der Waals surface area (Å²) in [5.74, 6) is 0.0854. The number of amides is 1. The molecule has 25 heavy (non-hydrogen) atoms. The zero-order valence-electron chi connectivity index (χ0n) is 14.3. The molecule has 0 radical (unpaired) electrons. The Bertz CT molecular complexity index is 802. The van der Waals surface area contributed by atoms with Crippen molar-refractivity contribution in [2.45, 2.75) is 13.1 Å². The van der Waals surface area contributed by atoms with E-state index < -0.39 is 0 Å². The van der Waals surface area contributed by atoms with E-state index in [1.165, 1.54) is 4.88 Å². The lowest BCUT2D eigenvalue weighted by Gasteiger charge is -2.21. The van der Waals surface area contributed by atoms with Gasteiger partial charge in [-0.05, 0) is 36.2 Å². The minimum absolute atomic E-state index is 0.0854. The van der Waals surface area contributed by atoms with Gasteiger partial charge in [-0.1, -0.05) is 6.07 Å². The number of carbonyl (C=O) groups is 1. The zero-order chi connectivity index (χ0) is 17.6. The van der Waals surface area contributed by atoms with Gasteiger partial charge in [-0.2, -0.15) is 0 Å². The summed E-state index contributed by atoms with van der Waals surface area (Å²) in [5.41, 5.74) is 2.08. The molecule has 0 spiro atoms. The highest BCUT2D eigenvalue weighted by Gasteiger charge is 2.14. The van der Waals surface area contributed by atoms with E-state index in [9.17, 15) is 4.79 Å². The average Bonchev–Trinajstić information content (AvgIpc) is 3.26. The van der Waals surface area contributed by atoms with Crippen LogP contribution in [0.3, 0.4) is 0 Å². The van der Waals surface area contributed by atoms with Gasteiger partial charge in [-0.15, -0.1) is 22.7 Å². The van der Waals surface area contributed by atoms with E-state index in [0.29, 0.717) is 13.1 Å². The van der Waals surface area contributed by atoms with E-state index >= 15 is 0 Å². The molecular weight excluding hydrogens is 352 g/mol. The number of thiophene rings is 1. The van der Waals surface area contributed by atoms with Crippen LogP contribution in [0.2, 0.25) is 0 Å². The summed E-state index contributed by atoms with van der Waals surface area (Å²) in [4.78, 5) is 26.0. The molecule has 0 N–H and O–H groups in total. The fourth-order valence-electron chi connectivity index (χ4n) is 2.43. The van der Waals surface area contributed by atoms with Gasteiger partial charge in [0.05, 0.1) is 23.7 Å². The molecule has 0 atom stereocenters. The Kier molecular flexibility index (Phi) is 5.91. The number of hydrogen-bond acceptors (Lipinski definition) is 6. The molecule has 0 aliphatic carbocycles. The Morgan fingerprint density at radius 1 is 1.12 bits per heavy atom. The van der Waals surface area contributed by atoms with Gasteiger partial charge in [0.2, 0.25) is 5.91 Å². The number of carbonyl (C=O) groups excluding carboxylic acids is 1. The van der Waals surface area contributed by atoms with Gasteiger partial charge in [0.1, 0.15) is 5.01 Å². The fraction of sp³-hybridized carbons (Fsp3) is 0.278. The molecule has 130 valence electrons. The molecule has 0 unspecified atom stereocenters. The number of hydrogen-bond donors (Lipinski definition) is 0. The SMILES string of the molecule is CN(CC(=O)N(C)Cc1csc(-c2cccs2)n1)Cc1ccncc1. The van der Waals surface area contributed by atoms with Crippen molar-refractivity contribution in [2.75, 3.05) is 20.6 Å². The van der Waals surface area contributed by atoms with Crippen LogP contribution in [0.1, 0.15) is 11.3 Å². The predicted octanol–water partition coefficient (Wildman–Crippen LogP) is 3.36. The largest absolute Gasteiger partial charge is 0.339 e. The Morgan fingerprint density at radius 2 is 1.92 bits per heavy atom. The van der Waals surface area contributed by atoms with Crippen LogP contribution in [0, 0.1) is 0 Å². The predicted molar refractivity (Wildman–Crippen MR) is 102 cm³/mol. The van der Waals surface area contributed by atoms with Crippen molar-refractivity contribution in [1.82, 2.24) is 19.8 Å². The highest BCUT2D eigenvalue weighted by atomic mass is 32.1. The number of aromatic nitrogens is 2. The van der Waals surface area contributed by atoms with Crippen molar-refractivity contribution in [3.8, 4) is 9.88 Å². The molecule has 0 bridgehead atoms. The molecule has 0 aliphatic heterocycles.